The molecule has 4 heteroatoms. The first-order valence-corrected chi connectivity index (χ1v) is 6.03. The van der Waals surface area contributed by atoms with E-state index in [1.165, 1.54) is 0 Å². The van der Waals surface area contributed by atoms with Gasteiger partial charge in [-0.25, -0.2) is 0 Å². The Kier molecular flexibility index (Phi) is 3.17. The highest BCUT2D eigenvalue weighted by Crippen LogP contribution is 2.32. The maximum atomic E-state index is 9.33. The lowest BCUT2D eigenvalue weighted by Gasteiger charge is -2.27. The molecule has 16 heavy (non-hydrogen) atoms. The Balaban J connectivity index is 2.27. The van der Waals surface area contributed by atoms with Crippen molar-refractivity contribution in [2.24, 2.45) is 0 Å². The van der Waals surface area contributed by atoms with E-state index < -0.39 is 5.54 Å². The average Bonchev–Trinajstić information content (AvgIpc) is 2.64. The molecule has 2 rings (SSSR count). The summed E-state index contributed by atoms with van der Waals surface area (Å²) < 4.78 is 6.43. The van der Waals surface area contributed by atoms with Crippen LogP contribution < -0.4 is 5.32 Å². The smallest absolute Gasteiger partial charge is 0.153 e. The number of halogens is 1. The number of ether oxygens (including phenoxy) is 1. The van der Waals surface area contributed by atoms with Crippen molar-refractivity contribution < 1.29 is 4.74 Å². The molecule has 1 saturated heterocycles. The number of para-hydroxylation sites is 1. The van der Waals surface area contributed by atoms with Crippen LogP contribution in [0.1, 0.15) is 13.3 Å². The number of hydrogen-bond donors (Lipinski definition) is 1. The molecule has 84 valence electrons. The molecule has 1 heterocycles. The van der Waals surface area contributed by atoms with Gasteiger partial charge in [0, 0.05) is 16.6 Å². The standard InChI is InChI=1S/C12H13BrN2O/c1-9-12(8-14,6-7-16-9)15-11-5-3-2-4-10(11)13/h2-5,9,15H,6-7H2,1H3. The van der Waals surface area contributed by atoms with Crippen LogP contribution in [0.5, 0.6) is 0 Å². The molecule has 0 spiro atoms. The van der Waals surface area contributed by atoms with E-state index in [0.717, 1.165) is 10.2 Å². The molecule has 0 bridgehead atoms. The second-order valence-electron chi connectivity index (χ2n) is 3.95. The third-order valence-electron chi connectivity index (χ3n) is 2.99. The second-order valence-corrected chi connectivity index (χ2v) is 4.81. The van der Waals surface area contributed by atoms with E-state index in [0.29, 0.717) is 13.0 Å². The number of hydrogen-bond acceptors (Lipinski definition) is 3. The molecule has 0 aliphatic carbocycles. The molecule has 1 aromatic carbocycles. The van der Waals surface area contributed by atoms with Crippen molar-refractivity contribution in [2.75, 3.05) is 11.9 Å². The largest absolute Gasteiger partial charge is 0.375 e. The molecule has 0 saturated carbocycles. The maximum Gasteiger partial charge on any atom is 0.153 e. The van der Waals surface area contributed by atoms with E-state index in [1.807, 2.05) is 31.2 Å². The maximum absolute atomic E-state index is 9.33. The van der Waals surface area contributed by atoms with Crippen molar-refractivity contribution in [3.05, 3.63) is 28.7 Å². The lowest BCUT2D eigenvalue weighted by molar-refractivity contribution is 0.112. The number of nitrogens with zero attached hydrogens (tertiary/aromatic N) is 1. The summed E-state index contributed by atoms with van der Waals surface area (Å²) in [5.74, 6) is 0. The van der Waals surface area contributed by atoms with Crippen molar-refractivity contribution in [3.63, 3.8) is 0 Å². The van der Waals surface area contributed by atoms with Gasteiger partial charge in [-0.15, -0.1) is 0 Å². The van der Waals surface area contributed by atoms with Gasteiger partial charge in [0.25, 0.3) is 0 Å². The zero-order valence-electron chi connectivity index (χ0n) is 9.03. The molecule has 0 aromatic heterocycles. The highest BCUT2D eigenvalue weighted by atomic mass is 79.9. The summed E-state index contributed by atoms with van der Waals surface area (Å²) in [5, 5.41) is 12.6. The normalized spacial score (nSPS) is 28.7. The van der Waals surface area contributed by atoms with E-state index in [-0.39, 0.29) is 6.10 Å². The number of nitriles is 1. The first-order chi connectivity index (χ1) is 7.68. The van der Waals surface area contributed by atoms with E-state index in [1.54, 1.807) is 0 Å². The molecular weight excluding hydrogens is 268 g/mol. The summed E-state index contributed by atoms with van der Waals surface area (Å²) in [7, 11) is 0. The van der Waals surface area contributed by atoms with Gasteiger partial charge < -0.3 is 10.1 Å². The van der Waals surface area contributed by atoms with Crippen LogP contribution in [0, 0.1) is 11.3 Å². The van der Waals surface area contributed by atoms with Gasteiger partial charge in [-0.3, -0.25) is 0 Å². The van der Waals surface area contributed by atoms with Gasteiger partial charge in [-0.1, -0.05) is 12.1 Å². The average molecular weight is 281 g/mol. The Morgan fingerprint density at radius 1 is 1.56 bits per heavy atom. The number of nitrogens with one attached hydrogen (secondary N) is 1. The van der Waals surface area contributed by atoms with Crippen LogP contribution in [-0.4, -0.2) is 18.2 Å². The van der Waals surface area contributed by atoms with Crippen LogP contribution in [0.2, 0.25) is 0 Å². The predicted molar refractivity (Wildman–Crippen MR) is 66.1 cm³/mol. The Hall–Kier alpha value is -1.05. The van der Waals surface area contributed by atoms with Gasteiger partial charge in [0.1, 0.15) is 0 Å². The molecule has 0 amide bonds. The number of rotatable bonds is 2. The lowest BCUT2D eigenvalue weighted by Crippen LogP contribution is -2.43. The first kappa shape index (κ1) is 11.4. The molecule has 1 aromatic rings. The molecule has 1 aliphatic heterocycles. The SMILES string of the molecule is CC1OCCC1(C#N)Nc1ccccc1Br. The quantitative estimate of drug-likeness (QED) is 0.906. The zero-order chi connectivity index (χ0) is 11.6. The summed E-state index contributed by atoms with van der Waals surface area (Å²) in [6.07, 6.45) is 0.621. The summed E-state index contributed by atoms with van der Waals surface area (Å²) in [6.45, 7) is 2.56. The first-order valence-electron chi connectivity index (χ1n) is 5.23. The predicted octanol–water partition coefficient (Wildman–Crippen LogP) is 2.93. The van der Waals surface area contributed by atoms with Crippen LogP contribution in [0.3, 0.4) is 0 Å². The van der Waals surface area contributed by atoms with Crippen molar-refractivity contribution in [3.8, 4) is 6.07 Å². The summed E-state index contributed by atoms with van der Waals surface area (Å²) in [6, 6.07) is 10.1. The molecule has 1 aliphatic rings. The third kappa shape index (κ3) is 1.93. The Labute approximate surface area is 104 Å². The molecule has 0 radical (unpaired) electrons. The minimum atomic E-state index is -0.607. The molecule has 1 N–H and O–H groups in total. The topological polar surface area (TPSA) is 45.0 Å². The number of benzene rings is 1. The summed E-state index contributed by atoms with van der Waals surface area (Å²) in [5.41, 5.74) is 0.325. The Morgan fingerprint density at radius 2 is 2.31 bits per heavy atom. The third-order valence-corrected chi connectivity index (χ3v) is 3.68. The Morgan fingerprint density at radius 3 is 2.88 bits per heavy atom. The highest BCUT2D eigenvalue weighted by Gasteiger charge is 2.42. The van der Waals surface area contributed by atoms with Crippen LogP contribution in [0.15, 0.2) is 28.7 Å². The van der Waals surface area contributed by atoms with Crippen molar-refractivity contribution in [1.29, 1.82) is 5.26 Å². The molecule has 2 atom stereocenters. The minimum Gasteiger partial charge on any atom is -0.375 e. The molecule has 2 unspecified atom stereocenters. The van der Waals surface area contributed by atoms with Gasteiger partial charge in [0.15, 0.2) is 5.54 Å². The molecule has 1 fully saturated rings. The van der Waals surface area contributed by atoms with E-state index >= 15 is 0 Å². The van der Waals surface area contributed by atoms with Crippen molar-refractivity contribution >= 4 is 21.6 Å². The summed E-state index contributed by atoms with van der Waals surface area (Å²) >= 11 is 3.46. The van der Waals surface area contributed by atoms with Crippen LogP contribution in [0.4, 0.5) is 5.69 Å². The summed E-state index contributed by atoms with van der Waals surface area (Å²) in [4.78, 5) is 0. The van der Waals surface area contributed by atoms with Crippen LogP contribution in [0.25, 0.3) is 0 Å². The van der Waals surface area contributed by atoms with E-state index in [4.69, 9.17) is 4.74 Å². The fraction of sp³-hybridized carbons (Fsp3) is 0.417. The van der Waals surface area contributed by atoms with E-state index in [9.17, 15) is 5.26 Å². The zero-order valence-corrected chi connectivity index (χ0v) is 10.6. The highest BCUT2D eigenvalue weighted by molar-refractivity contribution is 9.10. The lowest BCUT2D eigenvalue weighted by atomic mass is 9.93. The molecule has 3 nitrogen and oxygen atoms in total. The monoisotopic (exact) mass is 280 g/mol. The van der Waals surface area contributed by atoms with Gasteiger partial charge >= 0.3 is 0 Å². The number of anilines is 1. The van der Waals surface area contributed by atoms with Gasteiger partial charge in [0.2, 0.25) is 0 Å². The van der Waals surface area contributed by atoms with Crippen LogP contribution >= 0.6 is 15.9 Å². The van der Waals surface area contributed by atoms with Crippen molar-refractivity contribution in [1.82, 2.24) is 0 Å². The van der Waals surface area contributed by atoms with Gasteiger partial charge in [0.05, 0.1) is 18.8 Å². The fourth-order valence-electron chi connectivity index (χ4n) is 1.88. The van der Waals surface area contributed by atoms with E-state index in [2.05, 4.69) is 27.3 Å². The van der Waals surface area contributed by atoms with Gasteiger partial charge in [-0.2, -0.15) is 5.26 Å². The van der Waals surface area contributed by atoms with Crippen molar-refractivity contribution in [2.45, 2.75) is 25.0 Å². The minimum absolute atomic E-state index is 0.0930. The molecular formula is C12H13BrN2O. The van der Waals surface area contributed by atoms with Crippen LogP contribution in [-0.2, 0) is 4.74 Å². The Bertz CT molecular complexity index is 429. The second kappa shape index (κ2) is 4.44. The van der Waals surface area contributed by atoms with Gasteiger partial charge in [-0.05, 0) is 35.0 Å². The fourth-order valence-corrected chi connectivity index (χ4v) is 2.27.